The molecule has 2 aromatic carbocycles. The van der Waals surface area contributed by atoms with Gasteiger partial charge in [0.1, 0.15) is 11.5 Å². The van der Waals surface area contributed by atoms with Crippen molar-refractivity contribution in [1.82, 2.24) is 0 Å². The standard InChI is InChI=1S/C21H28O2/c1-16(18-8-12-20(22)13-9-18)6-4-3-5-7-17(2)19-10-14-21(23)15-11-19/h8-17,22-23H,3-7H2,1-2H3. The van der Waals surface area contributed by atoms with E-state index in [0.29, 0.717) is 23.3 Å². The number of benzene rings is 2. The average molecular weight is 312 g/mol. The van der Waals surface area contributed by atoms with Gasteiger partial charge in [0.05, 0.1) is 0 Å². The Morgan fingerprint density at radius 2 is 0.957 bits per heavy atom. The van der Waals surface area contributed by atoms with Crippen molar-refractivity contribution in [2.24, 2.45) is 0 Å². The molecule has 2 heteroatoms. The molecule has 0 aliphatic heterocycles. The zero-order valence-electron chi connectivity index (χ0n) is 14.2. The van der Waals surface area contributed by atoms with Gasteiger partial charge in [0, 0.05) is 0 Å². The summed E-state index contributed by atoms with van der Waals surface area (Å²) in [5.74, 6) is 1.77. The Morgan fingerprint density at radius 1 is 0.609 bits per heavy atom. The number of unbranched alkanes of at least 4 members (excludes halogenated alkanes) is 2. The Hall–Kier alpha value is -1.96. The van der Waals surface area contributed by atoms with Crippen LogP contribution in [0.3, 0.4) is 0 Å². The molecular formula is C21H28O2. The molecule has 0 aliphatic carbocycles. The number of hydrogen-bond acceptors (Lipinski definition) is 2. The first-order valence-electron chi connectivity index (χ1n) is 8.64. The molecule has 2 rings (SSSR count). The summed E-state index contributed by atoms with van der Waals surface area (Å²) in [6.45, 7) is 4.51. The van der Waals surface area contributed by atoms with Crippen LogP contribution in [0, 0.1) is 0 Å². The highest BCUT2D eigenvalue weighted by molar-refractivity contribution is 5.28. The van der Waals surface area contributed by atoms with Gasteiger partial charge in [0.15, 0.2) is 0 Å². The lowest BCUT2D eigenvalue weighted by molar-refractivity contribution is 0.474. The van der Waals surface area contributed by atoms with Crippen molar-refractivity contribution in [2.75, 3.05) is 0 Å². The summed E-state index contributed by atoms with van der Waals surface area (Å²) in [5, 5.41) is 18.7. The second-order valence-electron chi connectivity index (χ2n) is 6.62. The minimum Gasteiger partial charge on any atom is -0.508 e. The molecule has 0 bridgehead atoms. The Kier molecular flexibility index (Phi) is 6.52. The third-order valence-electron chi connectivity index (χ3n) is 4.70. The lowest BCUT2D eigenvalue weighted by atomic mass is 9.92. The lowest BCUT2D eigenvalue weighted by Gasteiger charge is -2.14. The maximum atomic E-state index is 9.33. The molecule has 0 aliphatic rings. The van der Waals surface area contributed by atoms with Gasteiger partial charge in [0.25, 0.3) is 0 Å². The maximum Gasteiger partial charge on any atom is 0.115 e. The quantitative estimate of drug-likeness (QED) is 0.591. The number of phenolic OH excluding ortho intramolecular Hbond substituents is 2. The van der Waals surface area contributed by atoms with Gasteiger partial charge in [0.2, 0.25) is 0 Å². The second kappa shape index (κ2) is 8.61. The average Bonchev–Trinajstić information content (AvgIpc) is 2.55. The fourth-order valence-corrected chi connectivity index (χ4v) is 3.02. The Morgan fingerprint density at radius 3 is 1.30 bits per heavy atom. The van der Waals surface area contributed by atoms with Crippen LogP contribution in [0.1, 0.15) is 68.9 Å². The number of aromatic hydroxyl groups is 2. The summed E-state index contributed by atoms with van der Waals surface area (Å²) in [7, 11) is 0. The van der Waals surface area contributed by atoms with Crippen LogP contribution in [0.25, 0.3) is 0 Å². The van der Waals surface area contributed by atoms with Gasteiger partial charge in [-0.25, -0.2) is 0 Å². The molecule has 124 valence electrons. The number of rotatable bonds is 8. The van der Waals surface area contributed by atoms with Crippen LogP contribution in [0.15, 0.2) is 48.5 Å². The smallest absolute Gasteiger partial charge is 0.115 e. The fraction of sp³-hybridized carbons (Fsp3) is 0.429. The first-order chi connectivity index (χ1) is 11.1. The predicted molar refractivity (Wildman–Crippen MR) is 96.1 cm³/mol. The van der Waals surface area contributed by atoms with E-state index in [1.165, 1.54) is 43.2 Å². The molecule has 0 radical (unpaired) electrons. The third-order valence-corrected chi connectivity index (χ3v) is 4.70. The zero-order valence-corrected chi connectivity index (χ0v) is 14.2. The van der Waals surface area contributed by atoms with Crippen LogP contribution < -0.4 is 0 Å². The molecule has 0 heterocycles. The highest BCUT2D eigenvalue weighted by Crippen LogP contribution is 2.26. The van der Waals surface area contributed by atoms with Gasteiger partial charge in [-0.3, -0.25) is 0 Å². The molecule has 2 aromatic rings. The van der Waals surface area contributed by atoms with Crippen molar-refractivity contribution in [1.29, 1.82) is 0 Å². The van der Waals surface area contributed by atoms with Crippen molar-refractivity contribution in [3.8, 4) is 11.5 Å². The van der Waals surface area contributed by atoms with Crippen LogP contribution in [-0.2, 0) is 0 Å². The maximum absolute atomic E-state index is 9.33. The minimum absolute atomic E-state index is 0.337. The minimum atomic E-state index is 0.337. The van der Waals surface area contributed by atoms with E-state index in [0.717, 1.165) is 0 Å². The van der Waals surface area contributed by atoms with Gasteiger partial charge in [-0.2, -0.15) is 0 Å². The van der Waals surface area contributed by atoms with Crippen molar-refractivity contribution in [2.45, 2.75) is 57.8 Å². The van der Waals surface area contributed by atoms with Gasteiger partial charge in [-0.1, -0.05) is 57.4 Å². The monoisotopic (exact) mass is 312 g/mol. The molecular weight excluding hydrogens is 284 g/mol. The molecule has 0 amide bonds. The molecule has 0 saturated carbocycles. The Bertz CT molecular complexity index is 518. The van der Waals surface area contributed by atoms with E-state index in [1.54, 1.807) is 24.3 Å². The summed E-state index contributed by atoms with van der Waals surface area (Å²) in [6.07, 6.45) is 6.12. The number of hydrogen-bond donors (Lipinski definition) is 2. The molecule has 23 heavy (non-hydrogen) atoms. The first kappa shape index (κ1) is 17.4. The van der Waals surface area contributed by atoms with E-state index in [-0.39, 0.29) is 0 Å². The summed E-state index contributed by atoms with van der Waals surface area (Å²) in [5.41, 5.74) is 2.61. The SMILES string of the molecule is CC(CCCCCC(C)c1ccc(O)cc1)c1ccc(O)cc1. The van der Waals surface area contributed by atoms with E-state index in [4.69, 9.17) is 0 Å². The van der Waals surface area contributed by atoms with Crippen molar-refractivity contribution < 1.29 is 10.2 Å². The largest absolute Gasteiger partial charge is 0.508 e. The predicted octanol–water partition coefficient (Wildman–Crippen LogP) is 5.96. The van der Waals surface area contributed by atoms with Crippen LogP contribution in [-0.4, -0.2) is 10.2 Å². The van der Waals surface area contributed by atoms with Crippen LogP contribution >= 0.6 is 0 Å². The molecule has 0 spiro atoms. The Balaban J connectivity index is 1.65. The van der Waals surface area contributed by atoms with Gasteiger partial charge >= 0.3 is 0 Å². The molecule has 2 atom stereocenters. The zero-order chi connectivity index (χ0) is 16.7. The normalized spacial score (nSPS) is 13.7. The van der Waals surface area contributed by atoms with Crippen molar-refractivity contribution >= 4 is 0 Å². The second-order valence-corrected chi connectivity index (χ2v) is 6.62. The summed E-state index contributed by atoms with van der Waals surface area (Å²) in [6, 6.07) is 15.2. The lowest BCUT2D eigenvalue weighted by Crippen LogP contribution is -1.95. The van der Waals surface area contributed by atoms with Gasteiger partial charge in [-0.05, 0) is 60.1 Å². The first-order valence-corrected chi connectivity index (χ1v) is 8.64. The highest BCUT2D eigenvalue weighted by atomic mass is 16.3. The van der Waals surface area contributed by atoms with E-state index >= 15 is 0 Å². The van der Waals surface area contributed by atoms with E-state index in [1.807, 2.05) is 24.3 Å². The van der Waals surface area contributed by atoms with E-state index in [2.05, 4.69) is 13.8 Å². The third kappa shape index (κ3) is 5.63. The van der Waals surface area contributed by atoms with Crippen LogP contribution in [0.5, 0.6) is 11.5 Å². The summed E-state index contributed by atoms with van der Waals surface area (Å²) >= 11 is 0. The molecule has 2 N–H and O–H groups in total. The summed E-state index contributed by atoms with van der Waals surface area (Å²) in [4.78, 5) is 0. The highest BCUT2D eigenvalue weighted by Gasteiger charge is 2.07. The molecule has 0 aromatic heterocycles. The molecule has 2 unspecified atom stereocenters. The number of phenols is 2. The van der Waals surface area contributed by atoms with E-state index < -0.39 is 0 Å². The molecule has 0 saturated heterocycles. The topological polar surface area (TPSA) is 40.5 Å². The van der Waals surface area contributed by atoms with Crippen molar-refractivity contribution in [3.63, 3.8) is 0 Å². The van der Waals surface area contributed by atoms with Crippen molar-refractivity contribution in [3.05, 3.63) is 59.7 Å². The van der Waals surface area contributed by atoms with E-state index in [9.17, 15) is 10.2 Å². The molecule has 0 fully saturated rings. The fourth-order valence-electron chi connectivity index (χ4n) is 3.02. The van der Waals surface area contributed by atoms with Crippen LogP contribution in [0.4, 0.5) is 0 Å². The Labute approximate surface area is 139 Å². The van der Waals surface area contributed by atoms with Crippen LogP contribution in [0.2, 0.25) is 0 Å². The summed E-state index contributed by atoms with van der Waals surface area (Å²) < 4.78 is 0. The molecule has 2 nitrogen and oxygen atoms in total. The van der Waals surface area contributed by atoms with Gasteiger partial charge < -0.3 is 10.2 Å². The van der Waals surface area contributed by atoms with Gasteiger partial charge in [-0.15, -0.1) is 0 Å².